The van der Waals surface area contributed by atoms with E-state index in [0.717, 1.165) is 33.4 Å². The Labute approximate surface area is 123 Å². The third kappa shape index (κ3) is 2.32. The van der Waals surface area contributed by atoms with Crippen LogP contribution < -0.4 is 5.32 Å². The molecule has 0 fully saturated rings. The fourth-order valence-electron chi connectivity index (χ4n) is 2.50. The molecule has 0 bridgehead atoms. The predicted molar refractivity (Wildman–Crippen MR) is 85.7 cm³/mol. The standard InChI is InChI=1S/C18H15N3/c1-12-6-5-7-13(2)17(12)21-18-14(10-19)11-20-16-9-4-3-8-15(16)18/h3-9,11H,1-2H3,(H,20,21). The molecule has 0 atom stereocenters. The van der Waals surface area contributed by atoms with Gasteiger partial charge in [0, 0.05) is 17.3 Å². The summed E-state index contributed by atoms with van der Waals surface area (Å²) >= 11 is 0. The number of hydrogen-bond donors (Lipinski definition) is 1. The molecule has 1 heterocycles. The highest BCUT2D eigenvalue weighted by Gasteiger charge is 2.11. The molecule has 0 saturated heterocycles. The maximum atomic E-state index is 9.36. The van der Waals surface area contributed by atoms with Crippen LogP contribution >= 0.6 is 0 Å². The summed E-state index contributed by atoms with van der Waals surface area (Å²) in [6, 6.07) is 16.2. The summed E-state index contributed by atoms with van der Waals surface area (Å²) in [7, 11) is 0. The third-order valence-electron chi connectivity index (χ3n) is 3.63. The number of aryl methyl sites for hydroxylation is 2. The Morgan fingerprint density at radius 1 is 0.952 bits per heavy atom. The van der Waals surface area contributed by atoms with Crippen molar-refractivity contribution in [3.05, 3.63) is 65.4 Å². The molecule has 0 spiro atoms. The molecule has 3 nitrogen and oxygen atoms in total. The number of pyridine rings is 1. The van der Waals surface area contributed by atoms with Crippen LogP contribution in [0.4, 0.5) is 11.4 Å². The van der Waals surface area contributed by atoms with Crippen molar-refractivity contribution in [3.8, 4) is 6.07 Å². The van der Waals surface area contributed by atoms with Crippen LogP contribution in [-0.4, -0.2) is 4.98 Å². The topological polar surface area (TPSA) is 48.7 Å². The van der Waals surface area contributed by atoms with Crippen LogP contribution in [0.15, 0.2) is 48.7 Å². The second-order valence-electron chi connectivity index (χ2n) is 5.07. The van der Waals surface area contributed by atoms with Crippen molar-refractivity contribution >= 4 is 22.3 Å². The Morgan fingerprint density at radius 3 is 2.38 bits per heavy atom. The second-order valence-corrected chi connectivity index (χ2v) is 5.07. The minimum absolute atomic E-state index is 0.552. The summed E-state index contributed by atoms with van der Waals surface area (Å²) in [5.41, 5.74) is 5.60. The lowest BCUT2D eigenvalue weighted by molar-refractivity contribution is 1.33. The molecule has 0 unspecified atom stereocenters. The average Bonchev–Trinajstić information content (AvgIpc) is 2.51. The van der Waals surface area contributed by atoms with E-state index in [4.69, 9.17) is 0 Å². The van der Waals surface area contributed by atoms with Crippen LogP contribution in [-0.2, 0) is 0 Å². The lowest BCUT2D eigenvalue weighted by atomic mass is 10.1. The molecule has 3 rings (SSSR count). The van der Waals surface area contributed by atoms with E-state index in [1.54, 1.807) is 6.20 Å². The van der Waals surface area contributed by atoms with E-state index in [0.29, 0.717) is 5.56 Å². The van der Waals surface area contributed by atoms with Crippen molar-refractivity contribution in [1.82, 2.24) is 4.98 Å². The Bertz CT molecular complexity index is 840. The minimum atomic E-state index is 0.552. The Balaban J connectivity index is 2.22. The van der Waals surface area contributed by atoms with Gasteiger partial charge in [0.25, 0.3) is 0 Å². The Hall–Kier alpha value is -2.86. The van der Waals surface area contributed by atoms with Crippen LogP contribution in [0, 0.1) is 25.2 Å². The molecule has 0 aliphatic carbocycles. The highest BCUT2D eigenvalue weighted by Crippen LogP contribution is 2.31. The van der Waals surface area contributed by atoms with Crippen molar-refractivity contribution in [3.63, 3.8) is 0 Å². The Morgan fingerprint density at radius 2 is 1.67 bits per heavy atom. The van der Waals surface area contributed by atoms with Crippen LogP contribution in [0.25, 0.3) is 10.9 Å². The van der Waals surface area contributed by atoms with Gasteiger partial charge in [-0.3, -0.25) is 4.98 Å². The molecular weight excluding hydrogens is 258 g/mol. The number of aromatic nitrogens is 1. The molecule has 0 amide bonds. The monoisotopic (exact) mass is 273 g/mol. The number of anilines is 2. The first-order chi connectivity index (χ1) is 10.2. The summed E-state index contributed by atoms with van der Waals surface area (Å²) < 4.78 is 0. The molecule has 102 valence electrons. The first-order valence-corrected chi connectivity index (χ1v) is 6.82. The average molecular weight is 273 g/mol. The van der Waals surface area contributed by atoms with E-state index in [1.165, 1.54) is 0 Å². The smallest absolute Gasteiger partial charge is 0.103 e. The van der Waals surface area contributed by atoms with Crippen molar-refractivity contribution in [2.24, 2.45) is 0 Å². The molecule has 0 aliphatic heterocycles. The van der Waals surface area contributed by atoms with Crippen LogP contribution in [0.1, 0.15) is 16.7 Å². The van der Waals surface area contributed by atoms with E-state index in [-0.39, 0.29) is 0 Å². The van der Waals surface area contributed by atoms with E-state index >= 15 is 0 Å². The molecule has 0 radical (unpaired) electrons. The van der Waals surface area contributed by atoms with E-state index in [9.17, 15) is 5.26 Å². The molecule has 2 aromatic carbocycles. The van der Waals surface area contributed by atoms with Crippen LogP contribution in [0.3, 0.4) is 0 Å². The number of fused-ring (bicyclic) bond motifs is 1. The van der Waals surface area contributed by atoms with Gasteiger partial charge in [0.1, 0.15) is 6.07 Å². The van der Waals surface area contributed by atoms with Gasteiger partial charge in [-0.15, -0.1) is 0 Å². The largest absolute Gasteiger partial charge is 0.353 e. The van der Waals surface area contributed by atoms with Crippen LogP contribution in [0.2, 0.25) is 0 Å². The third-order valence-corrected chi connectivity index (χ3v) is 3.63. The zero-order valence-electron chi connectivity index (χ0n) is 12.0. The van der Waals surface area contributed by atoms with Gasteiger partial charge in [0.15, 0.2) is 0 Å². The van der Waals surface area contributed by atoms with Crippen molar-refractivity contribution in [2.75, 3.05) is 5.32 Å². The highest BCUT2D eigenvalue weighted by atomic mass is 14.9. The van der Waals surface area contributed by atoms with E-state index in [2.05, 4.69) is 42.4 Å². The van der Waals surface area contributed by atoms with Gasteiger partial charge in [-0.2, -0.15) is 5.26 Å². The van der Waals surface area contributed by atoms with Gasteiger partial charge in [0.05, 0.1) is 16.8 Å². The molecule has 3 aromatic rings. The zero-order chi connectivity index (χ0) is 14.8. The lowest BCUT2D eigenvalue weighted by Gasteiger charge is -2.15. The summed E-state index contributed by atoms with van der Waals surface area (Å²) in [5, 5.41) is 13.8. The molecule has 1 aromatic heterocycles. The number of rotatable bonds is 2. The second kappa shape index (κ2) is 5.26. The molecule has 0 saturated carbocycles. The summed E-state index contributed by atoms with van der Waals surface area (Å²) in [6.45, 7) is 4.12. The van der Waals surface area contributed by atoms with Gasteiger partial charge >= 0.3 is 0 Å². The van der Waals surface area contributed by atoms with Gasteiger partial charge in [-0.1, -0.05) is 36.4 Å². The number of benzene rings is 2. The van der Waals surface area contributed by atoms with Gasteiger partial charge in [-0.05, 0) is 31.0 Å². The van der Waals surface area contributed by atoms with Crippen molar-refractivity contribution in [2.45, 2.75) is 13.8 Å². The van der Waals surface area contributed by atoms with Gasteiger partial charge < -0.3 is 5.32 Å². The Kier molecular flexibility index (Phi) is 3.29. The normalized spacial score (nSPS) is 10.3. The highest BCUT2D eigenvalue weighted by molar-refractivity contribution is 5.96. The van der Waals surface area contributed by atoms with E-state index < -0.39 is 0 Å². The number of para-hydroxylation sites is 2. The number of nitrogens with one attached hydrogen (secondary N) is 1. The molecule has 1 N–H and O–H groups in total. The van der Waals surface area contributed by atoms with Gasteiger partial charge in [-0.25, -0.2) is 0 Å². The molecular formula is C18H15N3. The quantitative estimate of drug-likeness (QED) is 0.749. The lowest BCUT2D eigenvalue weighted by Crippen LogP contribution is -2.00. The fraction of sp³-hybridized carbons (Fsp3) is 0.111. The van der Waals surface area contributed by atoms with E-state index in [1.807, 2.05) is 30.3 Å². The first-order valence-electron chi connectivity index (χ1n) is 6.82. The zero-order valence-corrected chi connectivity index (χ0v) is 12.0. The first kappa shape index (κ1) is 13.1. The number of nitriles is 1. The maximum absolute atomic E-state index is 9.36. The predicted octanol–water partition coefficient (Wildman–Crippen LogP) is 4.47. The van der Waals surface area contributed by atoms with Crippen LogP contribution in [0.5, 0.6) is 0 Å². The van der Waals surface area contributed by atoms with Gasteiger partial charge in [0.2, 0.25) is 0 Å². The SMILES string of the molecule is Cc1cccc(C)c1Nc1c(C#N)cnc2ccccc12. The summed E-state index contributed by atoms with van der Waals surface area (Å²) in [5.74, 6) is 0. The molecule has 0 aliphatic rings. The number of hydrogen-bond acceptors (Lipinski definition) is 3. The molecule has 21 heavy (non-hydrogen) atoms. The summed E-state index contributed by atoms with van der Waals surface area (Å²) in [6.07, 6.45) is 1.62. The number of nitrogens with zero attached hydrogens (tertiary/aromatic N) is 2. The van der Waals surface area contributed by atoms with Crippen molar-refractivity contribution in [1.29, 1.82) is 5.26 Å². The maximum Gasteiger partial charge on any atom is 0.103 e. The fourth-order valence-corrected chi connectivity index (χ4v) is 2.50. The minimum Gasteiger partial charge on any atom is -0.353 e. The van der Waals surface area contributed by atoms with Crippen molar-refractivity contribution < 1.29 is 0 Å². The summed E-state index contributed by atoms with van der Waals surface area (Å²) in [4.78, 5) is 4.34. The molecule has 3 heteroatoms.